The number of rotatable bonds is 2. The zero-order chi connectivity index (χ0) is 14.3. The maximum atomic E-state index is 11.7. The first kappa shape index (κ1) is 13.1. The number of carbonyl (C=O) groups excluding carboxylic acids is 1. The van der Waals surface area contributed by atoms with Crippen LogP contribution in [0.25, 0.3) is 20.8 Å². The number of imidazole rings is 1. The van der Waals surface area contributed by atoms with Gasteiger partial charge in [-0.1, -0.05) is 11.6 Å². The molecule has 0 unspecified atom stereocenters. The van der Waals surface area contributed by atoms with Gasteiger partial charge < -0.3 is 9.88 Å². The number of amides is 1. The highest BCUT2D eigenvalue weighted by atomic mass is 35.5. The molecule has 20 heavy (non-hydrogen) atoms. The van der Waals surface area contributed by atoms with Gasteiger partial charge in [-0.2, -0.15) is 0 Å². The summed E-state index contributed by atoms with van der Waals surface area (Å²) in [6.45, 7) is 0. The fourth-order valence-corrected chi connectivity index (χ4v) is 3.33. The van der Waals surface area contributed by atoms with Crippen molar-refractivity contribution in [1.29, 1.82) is 0 Å². The highest BCUT2D eigenvalue weighted by Crippen LogP contribution is 2.36. The summed E-state index contributed by atoms with van der Waals surface area (Å²) in [5, 5.41) is 3.25. The van der Waals surface area contributed by atoms with Gasteiger partial charge in [-0.25, -0.2) is 4.98 Å². The van der Waals surface area contributed by atoms with Crippen molar-refractivity contribution in [2.45, 2.75) is 0 Å². The van der Waals surface area contributed by atoms with Crippen LogP contribution in [0.4, 0.5) is 0 Å². The molecule has 3 heterocycles. The second kappa shape index (κ2) is 4.88. The third-order valence-electron chi connectivity index (χ3n) is 3.03. The highest BCUT2D eigenvalue weighted by Gasteiger charge is 2.16. The average Bonchev–Trinajstić information content (AvgIpc) is 3.02. The Morgan fingerprint density at radius 1 is 1.45 bits per heavy atom. The van der Waals surface area contributed by atoms with Crippen molar-refractivity contribution < 1.29 is 4.79 Å². The van der Waals surface area contributed by atoms with E-state index < -0.39 is 0 Å². The standard InChI is InChI=1S/C13H11ClN4OS/c1-15-13(19)12-17-6-9(18(12)2)10-5-8-11(20-10)7(14)3-4-16-8/h3-6H,1-2H3,(H,15,19). The van der Waals surface area contributed by atoms with Gasteiger partial charge in [0.25, 0.3) is 5.91 Å². The smallest absolute Gasteiger partial charge is 0.287 e. The molecule has 3 aromatic rings. The van der Waals surface area contributed by atoms with E-state index in [0.29, 0.717) is 10.8 Å². The van der Waals surface area contributed by atoms with Crippen LogP contribution in [0.15, 0.2) is 24.5 Å². The van der Waals surface area contributed by atoms with Crippen molar-refractivity contribution in [2.75, 3.05) is 7.05 Å². The molecule has 5 nitrogen and oxygen atoms in total. The van der Waals surface area contributed by atoms with Crippen LogP contribution in [0.3, 0.4) is 0 Å². The van der Waals surface area contributed by atoms with Crippen molar-refractivity contribution in [3.05, 3.63) is 35.4 Å². The van der Waals surface area contributed by atoms with Crippen LogP contribution in [0, 0.1) is 0 Å². The van der Waals surface area contributed by atoms with Crippen molar-refractivity contribution in [1.82, 2.24) is 19.9 Å². The van der Waals surface area contributed by atoms with Crippen molar-refractivity contribution >= 4 is 39.1 Å². The summed E-state index contributed by atoms with van der Waals surface area (Å²) in [4.78, 5) is 21.1. The van der Waals surface area contributed by atoms with Gasteiger partial charge in [0.2, 0.25) is 0 Å². The van der Waals surface area contributed by atoms with Gasteiger partial charge in [0, 0.05) is 20.3 Å². The Bertz CT molecular complexity index is 808. The Morgan fingerprint density at radius 3 is 2.95 bits per heavy atom. The molecule has 0 aliphatic heterocycles. The Morgan fingerprint density at radius 2 is 2.25 bits per heavy atom. The van der Waals surface area contributed by atoms with Gasteiger partial charge in [0.1, 0.15) is 0 Å². The first-order valence-electron chi connectivity index (χ1n) is 5.90. The zero-order valence-corrected chi connectivity index (χ0v) is 12.4. The number of carbonyl (C=O) groups is 1. The van der Waals surface area contributed by atoms with E-state index in [4.69, 9.17) is 11.6 Å². The number of hydrogen-bond acceptors (Lipinski definition) is 4. The number of pyridine rings is 1. The number of nitrogens with zero attached hydrogens (tertiary/aromatic N) is 3. The summed E-state index contributed by atoms with van der Waals surface area (Å²) < 4.78 is 2.70. The monoisotopic (exact) mass is 306 g/mol. The van der Waals surface area contributed by atoms with E-state index in [2.05, 4.69) is 15.3 Å². The molecule has 3 rings (SSSR count). The molecule has 0 atom stereocenters. The summed E-state index contributed by atoms with van der Waals surface area (Å²) in [6, 6.07) is 3.72. The number of thiophene rings is 1. The lowest BCUT2D eigenvalue weighted by Crippen LogP contribution is -2.21. The summed E-state index contributed by atoms with van der Waals surface area (Å²) in [7, 11) is 3.39. The van der Waals surface area contributed by atoms with Gasteiger partial charge in [0.05, 0.1) is 32.0 Å². The maximum Gasteiger partial charge on any atom is 0.287 e. The number of hydrogen-bond donors (Lipinski definition) is 1. The number of nitrogens with one attached hydrogen (secondary N) is 1. The van der Waals surface area contributed by atoms with E-state index in [1.54, 1.807) is 30.1 Å². The molecule has 1 amide bonds. The molecule has 0 aromatic carbocycles. The van der Waals surface area contributed by atoms with E-state index in [1.807, 2.05) is 13.1 Å². The second-order valence-electron chi connectivity index (χ2n) is 4.22. The molecule has 102 valence electrons. The van der Waals surface area contributed by atoms with E-state index in [1.165, 1.54) is 11.3 Å². The first-order valence-corrected chi connectivity index (χ1v) is 7.09. The Kier molecular flexibility index (Phi) is 3.19. The number of fused-ring (bicyclic) bond motifs is 1. The van der Waals surface area contributed by atoms with Gasteiger partial charge in [-0.05, 0) is 12.1 Å². The van der Waals surface area contributed by atoms with Crippen LogP contribution in [0.2, 0.25) is 5.02 Å². The van der Waals surface area contributed by atoms with Crippen LogP contribution in [0.1, 0.15) is 10.6 Å². The fourth-order valence-electron chi connectivity index (χ4n) is 1.99. The van der Waals surface area contributed by atoms with E-state index in [0.717, 1.165) is 20.8 Å². The van der Waals surface area contributed by atoms with Gasteiger partial charge >= 0.3 is 0 Å². The third-order valence-corrected chi connectivity index (χ3v) is 4.64. The predicted octanol–water partition coefficient (Wildman–Crippen LogP) is 2.71. The molecule has 0 saturated carbocycles. The third kappa shape index (κ3) is 1.97. The largest absolute Gasteiger partial charge is 0.352 e. The predicted molar refractivity (Wildman–Crippen MR) is 80.2 cm³/mol. The van der Waals surface area contributed by atoms with Crippen LogP contribution < -0.4 is 5.32 Å². The molecule has 1 N–H and O–H groups in total. The molecule has 7 heteroatoms. The minimum absolute atomic E-state index is 0.212. The van der Waals surface area contributed by atoms with Gasteiger partial charge in [-0.3, -0.25) is 9.78 Å². The lowest BCUT2D eigenvalue weighted by molar-refractivity contribution is 0.0950. The summed E-state index contributed by atoms with van der Waals surface area (Å²) in [5.74, 6) is 0.162. The molecular formula is C13H11ClN4OS. The maximum absolute atomic E-state index is 11.7. The fraction of sp³-hybridized carbons (Fsp3) is 0.154. The van der Waals surface area contributed by atoms with Crippen LogP contribution in [-0.4, -0.2) is 27.5 Å². The van der Waals surface area contributed by atoms with Gasteiger partial charge in [0.15, 0.2) is 5.82 Å². The quantitative estimate of drug-likeness (QED) is 0.792. The van der Waals surface area contributed by atoms with Crippen molar-refractivity contribution in [3.8, 4) is 10.6 Å². The Labute approximate surface area is 124 Å². The minimum atomic E-state index is -0.212. The molecular weight excluding hydrogens is 296 g/mol. The molecule has 0 bridgehead atoms. The first-order chi connectivity index (χ1) is 9.61. The van der Waals surface area contributed by atoms with E-state index in [9.17, 15) is 4.79 Å². The van der Waals surface area contributed by atoms with Crippen LogP contribution in [-0.2, 0) is 7.05 Å². The van der Waals surface area contributed by atoms with Gasteiger partial charge in [-0.15, -0.1) is 11.3 Å². The van der Waals surface area contributed by atoms with Crippen LogP contribution >= 0.6 is 22.9 Å². The molecule has 0 fully saturated rings. The molecule has 0 aliphatic carbocycles. The molecule has 3 aromatic heterocycles. The average molecular weight is 307 g/mol. The Hall–Kier alpha value is -1.92. The lowest BCUT2D eigenvalue weighted by Gasteiger charge is -2.02. The zero-order valence-electron chi connectivity index (χ0n) is 10.8. The van der Waals surface area contributed by atoms with Crippen molar-refractivity contribution in [3.63, 3.8) is 0 Å². The molecule has 0 aliphatic rings. The molecule has 0 saturated heterocycles. The molecule has 0 radical (unpaired) electrons. The number of halogens is 1. The Balaban J connectivity index is 2.14. The van der Waals surface area contributed by atoms with E-state index >= 15 is 0 Å². The molecule has 0 spiro atoms. The summed E-state index contributed by atoms with van der Waals surface area (Å²) >= 11 is 7.70. The highest BCUT2D eigenvalue weighted by molar-refractivity contribution is 7.22. The van der Waals surface area contributed by atoms with Crippen molar-refractivity contribution in [2.24, 2.45) is 7.05 Å². The SMILES string of the molecule is CNC(=O)c1ncc(-c2cc3nccc(Cl)c3s2)n1C. The van der Waals surface area contributed by atoms with Crippen LogP contribution in [0.5, 0.6) is 0 Å². The number of aromatic nitrogens is 3. The second-order valence-corrected chi connectivity index (χ2v) is 5.68. The van der Waals surface area contributed by atoms with E-state index in [-0.39, 0.29) is 5.91 Å². The lowest BCUT2D eigenvalue weighted by atomic mass is 10.3. The summed E-state index contributed by atoms with van der Waals surface area (Å²) in [6.07, 6.45) is 3.36. The minimum Gasteiger partial charge on any atom is -0.352 e. The summed E-state index contributed by atoms with van der Waals surface area (Å²) in [5.41, 5.74) is 1.71. The normalized spacial score (nSPS) is 10.9. The topological polar surface area (TPSA) is 59.8 Å².